The van der Waals surface area contributed by atoms with Crippen molar-refractivity contribution in [3.8, 4) is 0 Å². The molecule has 0 spiro atoms. The average molecular weight is 311 g/mol. The number of nitrogens with zero attached hydrogens (tertiary/aromatic N) is 2. The second-order valence-corrected chi connectivity index (χ2v) is 5.09. The van der Waals surface area contributed by atoms with Gasteiger partial charge in [0.1, 0.15) is 5.82 Å². The van der Waals surface area contributed by atoms with Crippen LogP contribution in [0.5, 0.6) is 0 Å². The van der Waals surface area contributed by atoms with Crippen molar-refractivity contribution in [3.05, 3.63) is 45.6 Å². The summed E-state index contributed by atoms with van der Waals surface area (Å²) in [5.74, 6) is -0.906. The van der Waals surface area contributed by atoms with Gasteiger partial charge in [0.15, 0.2) is 5.16 Å². The lowest BCUT2D eigenvalue weighted by Gasteiger charge is -2.05. The van der Waals surface area contributed by atoms with E-state index in [9.17, 15) is 14.0 Å². The molecule has 6 nitrogen and oxygen atoms in total. The maximum atomic E-state index is 13.8. The van der Waals surface area contributed by atoms with Gasteiger partial charge in [0.2, 0.25) is 0 Å². The van der Waals surface area contributed by atoms with E-state index in [-0.39, 0.29) is 11.3 Å². The van der Waals surface area contributed by atoms with Gasteiger partial charge in [-0.1, -0.05) is 17.8 Å². The van der Waals surface area contributed by atoms with E-state index >= 15 is 0 Å². The molecule has 0 unspecified atom stereocenters. The smallest absolute Gasteiger partial charge is 0.343 e. The predicted octanol–water partition coefficient (Wildman–Crippen LogP) is 1.81. The van der Waals surface area contributed by atoms with E-state index in [0.717, 1.165) is 0 Å². The number of methoxy groups -OCH3 is 1. The maximum Gasteiger partial charge on any atom is 0.343 e. The van der Waals surface area contributed by atoms with Crippen LogP contribution < -0.4 is 5.69 Å². The molecule has 0 aliphatic heterocycles. The molecule has 8 heteroatoms. The minimum atomic E-state index is -0.709. The monoisotopic (exact) mass is 311 g/mol. The molecule has 1 aromatic heterocycles. The van der Waals surface area contributed by atoms with Crippen LogP contribution in [0.1, 0.15) is 22.8 Å². The summed E-state index contributed by atoms with van der Waals surface area (Å²) in [4.78, 5) is 22.7. The van der Waals surface area contributed by atoms with E-state index in [1.54, 1.807) is 6.07 Å². The number of aromatic nitrogens is 3. The predicted molar refractivity (Wildman–Crippen MR) is 75.8 cm³/mol. The number of aromatic amines is 1. The lowest BCUT2D eigenvalue weighted by molar-refractivity contribution is 0.0595. The fourth-order valence-electron chi connectivity index (χ4n) is 1.76. The zero-order valence-corrected chi connectivity index (χ0v) is 12.4. The van der Waals surface area contributed by atoms with Gasteiger partial charge in [0.05, 0.1) is 12.7 Å². The highest BCUT2D eigenvalue weighted by molar-refractivity contribution is 7.98. The van der Waals surface area contributed by atoms with E-state index in [2.05, 4.69) is 14.9 Å². The highest BCUT2D eigenvalue weighted by atomic mass is 32.2. The molecule has 2 rings (SSSR count). The molecule has 0 atom stereocenters. The van der Waals surface area contributed by atoms with Gasteiger partial charge in [-0.3, -0.25) is 4.57 Å². The molecule has 112 valence electrons. The molecule has 0 bridgehead atoms. The first-order valence-electron chi connectivity index (χ1n) is 6.21. The Labute approximate surface area is 124 Å². The molecule has 0 aliphatic carbocycles. The molecule has 1 heterocycles. The second-order valence-electron chi connectivity index (χ2n) is 4.15. The van der Waals surface area contributed by atoms with Crippen LogP contribution in [0.3, 0.4) is 0 Å². The van der Waals surface area contributed by atoms with Crippen LogP contribution in [-0.2, 0) is 17.0 Å². The topological polar surface area (TPSA) is 77.0 Å². The van der Waals surface area contributed by atoms with Crippen LogP contribution in [-0.4, -0.2) is 27.8 Å². The summed E-state index contributed by atoms with van der Waals surface area (Å²) in [7, 11) is 1.20. The van der Waals surface area contributed by atoms with Crippen molar-refractivity contribution in [2.24, 2.45) is 0 Å². The van der Waals surface area contributed by atoms with Crippen LogP contribution in [0, 0.1) is 5.82 Å². The number of nitrogens with one attached hydrogen (secondary N) is 1. The molecule has 1 aromatic carbocycles. The zero-order valence-electron chi connectivity index (χ0n) is 11.6. The number of rotatable bonds is 5. The fourth-order valence-corrected chi connectivity index (χ4v) is 2.72. The first-order chi connectivity index (χ1) is 10.1. The molecule has 0 saturated heterocycles. The van der Waals surface area contributed by atoms with Crippen LogP contribution in [0.2, 0.25) is 0 Å². The fraction of sp³-hybridized carbons (Fsp3) is 0.308. The Bertz CT molecular complexity index is 711. The second kappa shape index (κ2) is 6.57. The van der Waals surface area contributed by atoms with Crippen molar-refractivity contribution in [1.82, 2.24) is 14.8 Å². The lowest BCUT2D eigenvalue weighted by atomic mass is 10.1. The molecule has 0 aliphatic rings. The van der Waals surface area contributed by atoms with E-state index in [0.29, 0.717) is 23.0 Å². The number of H-pyrrole nitrogens is 1. The van der Waals surface area contributed by atoms with Crippen LogP contribution in [0.15, 0.2) is 28.2 Å². The summed E-state index contributed by atoms with van der Waals surface area (Å²) in [6, 6.07) is 4.30. The molecular formula is C13H14FN3O3S. The summed E-state index contributed by atoms with van der Waals surface area (Å²) in [6.45, 7) is 2.35. The molecule has 0 fully saturated rings. The average Bonchev–Trinajstić information content (AvgIpc) is 2.84. The van der Waals surface area contributed by atoms with Crippen molar-refractivity contribution in [2.75, 3.05) is 7.11 Å². The SMILES string of the molecule is CCn1c(SCc2ccc(C(=O)OC)c(F)c2)n[nH]c1=O. The minimum absolute atomic E-state index is 0.100. The Balaban J connectivity index is 2.12. The highest BCUT2D eigenvalue weighted by Gasteiger charge is 2.13. The van der Waals surface area contributed by atoms with Gasteiger partial charge in [-0.05, 0) is 24.6 Å². The zero-order chi connectivity index (χ0) is 15.4. The largest absolute Gasteiger partial charge is 0.465 e. The third-order valence-corrected chi connectivity index (χ3v) is 3.89. The molecule has 0 radical (unpaired) electrons. The quantitative estimate of drug-likeness (QED) is 0.673. The van der Waals surface area contributed by atoms with Gasteiger partial charge in [0, 0.05) is 12.3 Å². The first kappa shape index (κ1) is 15.3. The Hall–Kier alpha value is -2.09. The van der Waals surface area contributed by atoms with Gasteiger partial charge in [0.25, 0.3) is 0 Å². The van der Waals surface area contributed by atoms with Gasteiger partial charge in [-0.2, -0.15) is 0 Å². The minimum Gasteiger partial charge on any atom is -0.465 e. The number of carbonyl (C=O) groups excluding carboxylic acids is 1. The number of carbonyl (C=O) groups is 1. The number of hydrogen-bond acceptors (Lipinski definition) is 5. The number of benzene rings is 1. The Morgan fingerprint density at radius 1 is 1.52 bits per heavy atom. The van der Waals surface area contributed by atoms with Crippen molar-refractivity contribution in [2.45, 2.75) is 24.4 Å². The van der Waals surface area contributed by atoms with E-state index in [1.165, 1.54) is 35.6 Å². The van der Waals surface area contributed by atoms with Gasteiger partial charge in [-0.25, -0.2) is 19.1 Å². The van der Waals surface area contributed by atoms with Crippen molar-refractivity contribution >= 4 is 17.7 Å². The maximum absolute atomic E-state index is 13.8. The van der Waals surface area contributed by atoms with E-state index < -0.39 is 11.8 Å². The molecule has 1 N–H and O–H groups in total. The van der Waals surface area contributed by atoms with Gasteiger partial charge < -0.3 is 4.74 Å². The number of ether oxygens (including phenoxy) is 1. The van der Waals surface area contributed by atoms with Crippen molar-refractivity contribution in [3.63, 3.8) is 0 Å². The number of esters is 1. The Kier molecular flexibility index (Phi) is 4.79. The standard InChI is InChI=1S/C13H14FN3O3S/c1-3-17-12(19)15-16-13(17)21-7-8-4-5-9(10(14)6-8)11(18)20-2/h4-6H,3,7H2,1-2H3,(H,15,19). The van der Waals surface area contributed by atoms with E-state index in [1.807, 2.05) is 6.92 Å². The van der Waals surface area contributed by atoms with E-state index in [4.69, 9.17) is 0 Å². The summed E-state index contributed by atoms with van der Waals surface area (Å²) in [5.41, 5.74) is 0.312. The van der Waals surface area contributed by atoms with Crippen LogP contribution >= 0.6 is 11.8 Å². The van der Waals surface area contributed by atoms with Gasteiger partial charge in [-0.15, -0.1) is 5.10 Å². The highest BCUT2D eigenvalue weighted by Crippen LogP contribution is 2.21. The van der Waals surface area contributed by atoms with Crippen LogP contribution in [0.25, 0.3) is 0 Å². The summed E-state index contributed by atoms with van der Waals surface area (Å²) in [6.07, 6.45) is 0. The number of halogens is 1. The molecule has 2 aromatic rings. The Morgan fingerprint density at radius 2 is 2.29 bits per heavy atom. The first-order valence-corrected chi connectivity index (χ1v) is 7.20. The summed E-state index contributed by atoms with van der Waals surface area (Å²) < 4.78 is 19.7. The van der Waals surface area contributed by atoms with Crippen molar-refractivity contribution < 1.29 is 13.9 Å². The van der Waals surface area contributed by atoms with Crippen LogP contribution in [0.4, 0.5) is 4.39 Å². The molecule has 0 amide bonds. The molecular weight excluding hydrogens is 297 g/mol. The third kappa shape index (κ3) is 3.33. The summed E-state index contributed by atoms with van der Waals surface area (Å²) in [5, 5.41) is 6.81. The normalized spacial score (nSPS) is 10.6. The number of thioether (sulfide) groups is 1. The Morgan fingerprint density at radius 3 is 2.90 bits per heavy atom. The third-order valence-electron chi connectivity index (χ3n) is 2.85. The van der Waals surface area contributed by atoms with Gasteiger partial charge >= 0.3 is 11.7 Å². The number of hydrogen-bond donors (Lipinski definition) is 1. The molecule has 0 saturated carbocycles. The molecule has 21 heavy (non-hydrogen) atoms. The van der Waals surface area contributed by atoms with Crippen molar-refractivity contribution in [1.29, 1.82) is 0 Å². The lowest BCUT2D eigenvalue weighted by Crippen LogP contribution is -2.16. The summed E-state index contributed by atoms with van der Waals surface area (Å²) >= 11 is 1.31.